The second-order valence-corrected chi connectivity index (χ2v) is 5.23. The molecular formula is C14H15ClN2O. The molecule has 3 rings (SSSR count). The molecule has 0 N–H and O–H groups in total. The molecule has 4 heteroatoms. The largest absolute Gasteiger partial charge is 0.308 e. The summed E-state index contributed by atoms with van der Waals surface area (Å²) in [5, 5.41) is 1.43. The standard InChI is InChI=1S/C14H15ClN2O/c1-2-17-12-7-13(15)16-8-10(12)6-11(14(17)18)9-4-3-5-9/h6-9H,2-5H2,1H3. The molecule has 0 unspecified atom stereocenters. The number of nitrogens with zero attached hydrogens (tertiary/aromatic N) is 2. The van der Waals surface area contributed by atoms with Crippen molar-refractivity contribution in [1.82, 2.24) is 9.55 Å². The van der Waals surface area contributed by atoms with Crippen LogP contribution in [-0.4, -0.2) is 9.55 Å². The van der Waals surface area contributed by atoms with Crippen LogP contribution in [0.15, 0.2) is 23.1 Å². The number of fused-ring (bicyclic) bond motifs is 1. The zero-order valence-corrected chi connectivity index (χ0v) is 11.1. The summed E-state index contributed by atoms with van der Waals surface area (Å²) in [7, 11) is 0. The number of halogens is 1. The van der Waals surface area contributed by atoms with Crippen LogP contribution in [0.2, 0.25) is 5.15 Å². The van der Waals surface area contributed by atoms with Gasteiger partial charge in [-0.2, -0.15) is 0 Å². The topological polar surface area (TPSA) is 34.9 Å². The first-order valence-corrected chi connectivity index (χ1v) is 6.77. The van der Waals surface area contributed by atoms with Gasteiger partial charge in [0.25, 0.3) is 5.56 Å². The summed E-state index contributed by atoms with van der Waals surface area (Å²) in [4.78, 5) is 16.6. The molecule has 0 atom stereocenters. The highest BCUT2D eigenvalue weighted by Crippen LogP contribution is 2.35. The van der Waals surface area contributed by atoms with Crippen LogP contribution in [0, 0.1) is 0 Å². The zero-order valence-electron chi connectivity index (χ0n) is 10.3. The molecule has 1 fully saturated rings. The third-order valence-electron chi connectivity index (χ3n) is 3.83. The van der Waals surface area contributed by atoms with Crippen molar-refractivity contribution in [2.24, 2.45) is 0 Å². The number of aryl methyl sites for hydroxylation is 1. The molecule has 0 bridgehead atoms. The van der Waals surface area contributed by atoms with E-state index in [4.69, 9.17) is 11.6 Å². The average Bonchev–Trinajstić information content (AvgIpc) is 2.28. The number of pyridine rings is 2. The molecule has 0 aliphatic heterocycles. The Morgan fingerprint density at radius 1 is 1.44 bits per heavy atom. The number of rotatable bonds is 2. The molecular weight excluding hydrogens is 248 g/mol. The average molecular weight is 263 g/mol. The van der Waals surface area contributed by atoms with Crippen LogP contribution in [0.25, 0.3) is 10.9 Å². The number of hydrogen-bond acceptors (Lipinski definition) is 2. The first-order chi connectivity index (χ1) is 8.70. The van der Waals surface area contributed by atoms with E-state index in [-0.39, 0.29) is 5.56 Å². The predicted octanol–water partition coefficient (Wildman–Crippen LogP) is 3.34. The molecule has 18 heavy (non-hydrogen) atoms. The van der Waals surface area contributed by atoms with Gasteiger partial charge in [0.05, 0.1) is 5.52 Å². The van der Waals surface area contributed by atoms with Crippen molar-refractivity contribution in [2.45, 2.75) is 38.6 Å². The minimum atomic E-state index is 0.136. The molecule has 3 nitrogen and oxygen atoms in total. The first-order valence-electron chi connectivity index (χ1n) is 6.39. The zero-order chi connectivity index (χ0) is 12.7. The van der Waals surface area contributed by atoms with Gasteiger partial charge >= 0.3 is 0 Å². The second kappa shape index (κ2) is 4.39. The van der Waals surface area contributed by atoms with Crippen LogP contribution in [0.1, 0.15) is 37.7 Å². The Morgan fingerprint density at radius 3 is 2.83 bits per heavy atom. The van der Waals surface area contributed by atoms with Crippen molar-refractivity contribution < 1.29 is 0 Å². The van der Waals surface area contributed by atoms with Crippen molar-refractivity contribution in [1.29, 1.82) is 0 Å². The summed E-state index contributed by atoms with van der Waals surface area (Å²) in [6, 6.07) is 3.77. The SMILES string of the molecule is CCn1c(=O)c(C2CCC2)cc2cnc(Cl)cc21. The minimum Gasteiger partial charge on any atom is -0.308 e. The fraction of sp³-hybridized carbons (Fsp3) is 0.429. The third kappa shape index (κ3) is 1.74. The highest BCUT2D eigenvalue weighted by molar-refractivity contribution is 6.30. The van der Waals surface area contributed by atoms with Gasteiger partial charge in [-0.25, -0.2) is 4.98 Å². The van der Waals surface area contributed by atoms with Gasteiger partial charge < -0.3 is 4.57 Å². The monoisotopic (exact) mass is 262 g/mol. The van der Waals surface area contributed by atoms with Crippen LogP contribution in [0.3, 0.4) is 0 Å². The van der Waals surface area contributed by atoms with Gasteiger partial charge in [0, 0.05) is 23.7 Å². The first kappa shape index (κ1) is 11.7. The summed E-state index contributed by atoms with van der Waals surface area (Å²) in [6.07, 6.45) is 5.25. The molecule has 0 saturated heterocycles. The van der Waals surface area contributed by atoms with Crippen LogP contribution < -0.4 is 5.56 Å². The molecule has 2 aromatic heterocycles. The van der Waals surface area contributed by atoms with E-state index in [1.165, 1.54) is 6.42 Å². The molecule has 0 amide bonds. The van der Waals surface area contributed by atoms with Crippen LogP contribution >= 0.6 is 11.6 Å². The third-order valence-corrected chi connectivity index (χ3v) is 4.04. The van der Waals surface area contributed by atoms with E-state index >= 15 is 0 Å². The van der Waals surface area contributed by atoms with Gasteiger partial charge in [-0.15, -0.1) is 0 Å². The van der Waals surface area contributed by atoms with Crippen LogP contribution in [0.5, 0.6) is 0 Å². The van der Waals surface area contributed by atoms with E-state index in [0.717, 1.165) is 29.3 Å². The summed E-state index contributed by atoms with van der Waals surface area (Å²) < 4.78 is 1.80. The predicted molar refractivity (Wildman–Crippen MR) is 73.3 cm³/mol. The van der Waals surface area contributed by atoms with Gasteiger partial charge in [0.2, 0.25) is 0 Å². The Labute approximate surface area is 110 Å². The van der Waals surface area contributed by atoms with E-state index < -0.39 is 0 Å². The lowest BCUT2D eigenvalue weighted by Gasteiger charge is -2.26. The van der Waals surface area contributed by atoms with Crippen molar-refractivity contribution in [3.8, 4) is 0 Å². The summed E-state index contributed by atoms with van der Waals surface area (Å²) in [5.74, 6) is 0.440. The maximum absolute atomic E-state index is 12.5. The molecule has 2 aromatic rings. The molecule has 0 aromatic carbocycles. The highest BCUT2D eigenvalue weighted by atomic mass is 35.5. The lowest BCUT2D eigenvalue weighted by molar-refractivity contribution is 0.415. The van der Waals surface area contributed by atoms with Crippen molar-refractivity contribution in [3.05, 3.63) is 39.4 Å². The highest BCUT2D eigenvalue weighted by Gasteiger charge is 2.23. The lowest BCUT2D eigenvalue weighted by atomic mass is 9.80. The maximum atomic E-state index is 12.5. The van der Waals surface area contributed by atoms with Crippen molar-refractivity contribution >= 4 is 22.5 Å². The fourth-order valence-electron chi connectivity index (χ4n) is 2.60. The Hall–Kier alpha value is -1.35. The maximum Gasteiger partial charge on any atom is 0.254 e. The van der Waals surface area contributed by atoms with Gasteiger partial charge in [0.1, 0.15) is 5.15 Å². The summed E-state index contributed by atoms with van der Waals surface area (Å²) in [5.41, 5.74) is 1.96. The van der Waals surface area contributed by atoms with Crippen LogP contribution in [0.4, 0.5) is 0 Å². The van der Waals surface area contributed by atoms with Gasteiger partial charge in [-0.1, -0.05) is 18.0 Å². The normalized spacial score (nSPS) is 15.9. The van der Waals surface area contributed by atoms with Crippen molar-refractivity contribution in [2.75, 3.05) is 0 Å². The van der Waals surface area contributed by atoms with Crippen molar-refractivity contribution in [3.63, 3.8) is 0 Å². The van der Waals surface area contributed by atoms with E-state index in [2.05, 4.69) is 4.98 Å². The van der Waals surface area contributed by atoms with E-state index in [1.807, 2.05) is 13.0 Å². The van der Waals surface area contributed by atoms with Crippen LogP contribution in [-0.2, 0) is 6.54 Å². The van der Waals surface area contributed by atoms with Gasteiger partial charge in [0.15, 0.2) is 0 Å². The summed E-state index contributed by atoms with van der Waals surface area (Å²) in [6.45, 7) is 2.65. The smallest absolute Gasteiger partial charge is 0.254 e. The molecule has 2 heterocycles. The van der Waals surface area contributed by atoms with Gasteiger partial charge in [-0.05, 0) is 37.8 Å². The Balaban J connectivity index is 2.31. The molecule has 1 saturated carbocycles. The molecule has 0 spiro atoms. The Bertz CT molecular complexity index is 659. The minimum absolute atomic E-state index is 0.136. The van der Waals surface area contributed by atoms with Gasteiger partial charge in [-0.3, -0.25) is 4.79 Å². The fourth-order valence-corrected chi connectivity index (χ4v) is 2.75. The summed E-state index contributed by atoms with van der Waals surface area (Å²) >= 11 is 5.91. The Morgan fingerprint density at radius 2 is 2.22 bits per heavy atom. The van der Waals surface area contributed by atoms with E-state index in [9.17, 15) is 4.79 Å². The second-order valence-electron chi connectivity index (χ2n) is 4.84. The molecule has 1 aliphatic rings. The molecule has 94 valence electrons. The molecule has 1 aliphatic carbocycles. The number of aromatic nitrogens is 2. The Kier molecular flexibility index (Phi) is 2.86. The van der Waals surface area contributed by atoms with E-state index in [1.54, 1.807) is 16.8 Å². The molecule has 0 radical (unpaired) electrons. The van der Waals surface area contributed by atoms with E-state index in [0.29, 0.717) is 17.6 Å². The lowest BCUT2D eigenvalue weighted by Crippen LogP contribution is -2.27. The number of hydrogen-bond donors (Lipinski definition) is 0. The quantitative estimate of drug-likeness (QED) is 0.778.